The van der Waals surface area contributed by atoms with E-state index in [1.54, 1.807) is 16.7 Å². The van der Waals surface area contributed by atoms with E-state index in [4.69, 9.17) is 10.2 Å². The number of hydrogen-bond acceptors (Lipinski definition) is 4. The van der Waals surface area contributed by atoms with E-state index < -0.39 is 6.10 Å². The summed E-state index contributed by atoms with van der Waals surface area (Å²) in [6.07, 6.45) is -0.208. The van der Waals surface area contributed by atoms with E-state index >= 15 is 0 Å². The van der Waals surface area contributed by atoms with Crippen molar-refractivity contribution in [1.82, 2.24) is 4.90 Å². The molecule has 1 unspecified atom stereocenters. The quantitative estimate of drug-likeness (QED) is 0.583. The summed E-state index contributed by atoms with van der Waals surface area (Å²) in [5, 5.41) is 17.7. The molecule has 1 aliphatic rings. The van der Waals surface area contributed by atoms with E-state index in [2.05, 4.69) is 0 Å². The fraction of sp³-hybridized carbons (Fsp3) is 0.875. The highest BCUT2D eigenvalue weighted by molar-refractivity contribution is 7.99. The molecule has 0 saturated carbocycles. The van der Waals surface area contributed by atoms with Crippen molar-refractivity contribution in [2.75, 3.05) is 31.2 Å². The summed E-state index contributed by atoms with van der Waals surface area (Å²) >= 11 is 1.62. The molecule has 1 heterocycles. The Morgan fingerprint density at radius 1 is 1.54 bits per heavy atom. The minimum absolute atomic E-state index is 0.0390. The van der Waals surface area contributed by atoms with Crippen LogP contribution in [0.5, 0.6) is 0 Å². The standard InChI is InChI=1S/C8H15NO3S/c10-2-4-13-3-1-9-6-7(11)5-8(9)12/h7,10-11H,1-6H2. The average Bonchev–Trinajstić information content (AvgIpc) is 2.39. The van der Waals surface area contributed by atoms with E-state index in [1.807, 2.05) is 0 Å². The van der Waals surface area contributed by atoms with Gasteiger partial charge in [-0.3, -0.25) is 4.79 Å². The van der Waals surface area contributed by atoms with Crippen LogP contribution < -0.4 is 0 Å². The van der Waals surface area contributed by atoms with Gasteiger partial charge in [0.25, 0.3) is 0 Å². The molecule has 0 aromatic rings. The van der Waals surface area contributed by atoms with Crippen LogP contribution in [0.25, 0.3) is 0 Å². The highest BCUT2D eigenvalue weighted by atomic mass is 32.2. The Labute approximate surface area is 81.9 Å². The Kier molecular flexibility index (Phi) is 4.55. The molecule has 1 aliphatic heterocycles. The molecule has 0 radical (unpaired) electrons. The first-order valence-electron chi connectivity index (χ1n) is 4.38. The summed E-state index contributed by atoms with van der Waals surface area (Å²) in [5.74, 6) is 1.58. The van der Waals surface area contributed by atoms with Crippen LogP contribution in [0, 0.1) is 0 Å². The summed E-state index contributed by atoms with van der Waals surface area (Å²) in [6.45, 7) is 1.33. The highest BCUT2D eigenvalue weighted by Gasteiger charge is 2.26. The van der Waals surface area contributed by atoms with Gasteiger partial charge in [0.15, 0.2) is 0 Å². The first kappa shape index (κ1) is 10.8. The molecule has 4 nitrogen and oxygen atoms in total. The number of carbonyl (C=O) groups is 1. The Bertz CT molecular complexity index is 177. The normalized spacial score (nSPS) is 22.8. The van der Waals surface area contributed by atoms with E-state index in [0.29, 0.717) is 18.8 Å². The minimum Gasteiger partial charge on any atom is -0.396 e. The summed E-state index contributed by atoms with van der Waals surface area (Å²) in [4.78, 5) is 12.8. The first-order chi connectivity index (χ1) is 6.24. The Morgan fingerprint density at radius 3 is 2.85 bits per heavy atom. The van der Waals surface area contributed by atoms with Crippen molar-refractivity contribution in [2.45, 2.75) is 12.5 Å². The summed E-state index contributed by atoms with van der Waals surface area (Å²) in [6, 6.07) is 0. The predicted octanol–water partition coefficient (Wildman–Crippen LogP) is -0.695. The van der Waals surface area contributed by atoms with Gasteiger partial charge in [-0.2, -0.15) is 11.8 Å². The van der Waals surface area contributed by atoms with Gasteiger partial charge in [-0.25, -0.2) is 0 Å². The van der Waals surface area contributed by atoms with Crippen molar-refractivity contribution >= 4 is 17.7 Å². The van der Waals surface area contributed by atoms with Gasteiger partial charge in [0, 0.05) is 24.6 Å². The molecule has 76 valence electrons. The molecule has 1 amide bonds. The third-order valence-electron chi connectivity index (χ3n) is 1.94. The Morgan fingerprint density at radius 2 is 2.31 bits per heavy atom. The SMILES string of the molecule is O=C1CC(O)CN1CCSCCO. The third kappa shape index (κ3) is 3.54. The van der Waals surface area contributed by atoms with Crippen molar-refractivity contribution in [2.24, 2.45) is 0 Å². The molecule has 0 aliphatic carbocycles. The highest BCUT2D eigenvalue weighted by Crippen LogP contribution is 2.11. The van der Waals surface area contributed by atoms with Gasteiger partial charge in [-0.1, -0.05) is 0 Å². The van der Waals surface area contributed by atoms with Crippen molar-refractivity contribution < 1.29 is 15.0 Å². The predicted molar refractivity (Wildman–Crippen MR) is 51.6 cm³/mol. The number of carbonyl (C=O) groups excluding carboxylic acids is 1. The van der Waals surface area contributed by atoms with E-state index in [9.17, 15) is 4.79 Å². The second-order valence-corrected chi connectivity index (χ2v) is 4.26. The van der Waals surface area contributed by atoms with Gasteiger partial charge < -0.3 is 15.1 Å². The molecule has 5 heteroatoms. The van der Waals surface area contributed by atoms with Crippen LogP contribution in [-0.4, -0.2) is 58.3 Å². The number of thioether (sulfide) groups is 1. The maximum absolute atomic E-state index is 11.2. The van der Waals surface area contributed by atoms with Crippen molar-refractivity contribution in [1.29, 1.82) is 0 Å². The number of aliphatic hydroxyl groups excluding tert-OH is 2. The van der Waals surface area contributed by atoms with Crippen molar-refractivity contribution in [3.8, 4) is 0 Å². The molecular weight excluding hydrogens is 190 g/mol. The van der Waals surface area contributed by atoms with Gasteiger partial charge in [0.2, 0.25) is 5.91 Å². The van der Waals surface area contributed by atoms with Gasteiger partial charge in [0.1, 0.15) is 0 Å². The Hall–Kier alpha value is -0.260. The second-order valence-electron chi connectivity index (χ2n) is 3.03. The van der Waals surface area contributed by atoms with Crippen LogP contribution in [0.1, 0.15) is 6.42 Å². The molecule has 0 bridgehead atoms. The molecule has 1 rings (SSSR count). The molecule has 1 saturated heterocycles. The topological polar surface area (TPSA) is 60.8 Å². The van der Waals surface area contributed by atoms with Crippen LogP contribution in [-0.2, 0) is 4.79 Å². The van der Waals surface area contributed by atoms with Gasteiger partial charge in [-0.15, -0.1) is 0 Å². The lowest BCUT2D eigenvalue weighted by Crippen LogP contribution is -2.28. The van der Waals surface area contributed by atoms with E-state index in [-0.39, 0.29) is 18.9 Å². The number of hydrogen-bond donors (Lipinski definition) is 2. The molecule has 1 fully saturated rings. The van der Waals surface area contributed by atoms with Crippen LogP contribution in [0.4, 0.5) is 0 Å². The molecule has 0 spiro atoms. The monoisotopic (exact) mass is 205 g/mol. The third-order valence-corrected chi connectivity index (χ3v) is 2.88. The van der Waals surface area contributed by atoms with Crippen molar-refractivity contribution in [3.63, 3.8) is 0 Å². The lowest BCUT2D eigenvalue weighted by molar-refractivity contribution is -0.127. The molecule has 0 aromatic carbocycles. The largest absolute Gasteiger partial charge is 0.396 e. The number of aliphatic hydroxyl groups is 2. The average molecular weight is 205 g/mol. The smallest absolute Gasteiger partial charge is 0.225 e. The van der Waals surface area contributed by atoms with Crippen LogP contribution in [0.3, 0.4) is 0 Å². The zero-order valence-corrected chi connectivity index (χ0v) is 8.29. The fourth-order valence-corrected chi connectivity index (χ4v) is 1.99. The molecular formula is C8H15NO3S. The van der Waals surface area contributed by atoms with Crippen LogP contribution in [0.15, 0.2) is 0 Å². The molecule has 13 heavy (non-hydrogen) atoms. The number of likely N-dealkylation sites (tertiary alicyclic amines) is 1. The van der Waals surface area contributed by atoms with Gasteiger partial charge in [-0.05, 0) is 0 Å². The lowest BCUT2D eigenvalue weighted by atomic mass is 10.3. The number of rotatable bonds is 5. The van der Waals surface area contributed by atoms with Crippen LogP contribution in [0.2, 0.25) is 0 Å². The zero-order chi connectivity index (χ0) is 9.68. The van der Waals surface area contributed by atoms with Crippen molar-refractivity contribution in [3.05, 3.63) is 0 Å². The second kappa shape index (κ2) is 5.47. The number of nitrogens with zero attached hydrogens (tertiary/aromatic N) is 1. The molecule has 1 atom stereocenters. The minimum atomic E-state index is -0.477. The van der Waals surface area contributed by atoms with E-state index in [0.717, 1.165) is 5.75 Å². The molecule has 2 N–H and O–H groups in total. The molecule has 0 aromatic heterocycles. The zero-order valence-electron chi connectivity index (χ0n) is 7.48. The Balaban J connectivity index is 2.11. The summed E-state index contributed by atoms with van der Waals surface area (Å²) in [5.41, 5.74) is 0. The number of amides is 1. The van der Waals surface area contributed by atoms with Gasteiger partial charge in [0.05, 0.1) is 19.1 Å². The summed E-state index contributed by atoms with van der Waals surface area (Å²) < 4.78 is 0. The fourth-order valence-electron chi connectivity index (χ4n) is 1.31. The number of β-amino-alcohol motifs (C(OH)–C–C–N with tert-alkyl or cyclic N) is 1. The van der Waals surface area contributed by atoms with Gasteiger partial charge >= 0.3 is 0 Å². The van der Waals surface area contributed by atoms with E-state index in [1.165, 1.54) is 0 Å². The lowest BCUT2D eigenvalue weighted by Gasteiger charge is -2.14. The summed E-state index contributed by atoms with van der Waals surface area (Å²) in [7, 11) is 0. The maximum Gasteiger partial charge on any atom is 0.225 e. The maximum atomic E-state index is 11.2. The first-order valence-corrected chi connectivity index (χ1v) is 5.54. The van der Waals surface area contributed by atoms with Crippen LogP contribution >= 0.6 is 11.8 Å².